The van der Waals surface area contributed by atoms with Crippen LogP contribution in [-0.4, -0.2) is 29.1 Å². The molecule has 74 valence electrons. The molecule has 2 amide bonds. The van der Waals surface area contributed by atoms with E-state index in [9.17, 15) is 14.7 Å². The van der Waals surface area contributed by atoms with E-state index >= 15 is 0 Å². The Kier molecular flexibility index (Phi) is 2.87. The first-order valence-corrected chi connectivity index (χ1v) is 4.33. The first kappa shape index (κ1) is 9.98. The lowest BCUT2D eigenvalue weighted by Gasteiger charge is -2.21. The van der Waals surface area contributed by atoms with Gasteiger partial charge in [-0.05, 0) is 12.8 Å². The summed E-state index contributed by atoms with van der Waals surface area (Å²) < 4.78 is 0. The summed E-state index contributed by atoms with van der Waals surface area (Å²) in [5.74, 6) is -1.85. The van der Waals surface area contributed by atoms with Crippen LogP contribution >= 0.6 is 0 Å². The molecule has 5 heteroatoms. The maximum atomic E-state index is 10.7. The van der Waals surface area contributed by atoms with Crippen LogP contribution < -0.4 is 11.1 Å². The van der Waals surface area contributed by atoms with Gasteiger partial charge in [0.15, 0.2) is 0 Å². The van der Waals surface area contributed by atoms with Gasteiger partial charge < -0.3 is 16.2 Å². The molecule has 5 nitrogen and oxygen atoms in total. The Morgan fingerprint density at radius 1 is 1.38 bits per heavy atom. The van der Waals surface area contributed by atoms with Crippen LogP contribution in [0.25, 0.3) is 0 Å². The lowest BCUT2D eigenvalue weighted by Crippen LogP contribution is -2.45. The molecule has 0 radical (unpaired) electrons. The maximum absolute atomic E-state index is 10.7. The van der Waals surface area contributed by atoms with Crippen LogP contribution in [0.3, 0.4) is 0 Å². The van der Waals surface area contributed by atoms with Crippen molar-refractivity contribution in [2.24, 2.45) is 5.73 Å². The number of carbonyl (C=O) groups is 2. The molecule has 1 aliphatic carbocycles. The van der Waals surface area contributed by atoms with Gasteiger partial charge >= 0.3 is 11.8 Å². The first-order valence-electron chi connectivity index (χ1n) is 4.33. The number of carbonyl (C=O) groups excluding carboxylic acids is 2. The van der Waals surface area contributed by atoms with E-state index < -0.39 is 17.4 Å². The second-order valence-electron chi connectivity index (χ2n) is 3.48. The molecule has 0 aromatic carbocycles. The van der Waals surface area contributed by atoms with E-state index in [0.717, 1.165) is 12.8 Å². The molecule has 0 heterocycles. The van der Waals surface area contributed by atoms with E-state index in [0.29, 0.717) is 12.8 Å². The monoisotopic (exact) mass is 186 g/mol. The van der Waals surface area contributed by atoms with Crippen LogP contribution in [0.2, 0.25) is 0 Å². The molecule has 0 aromatic rings. The van der Waals surface area contributed by atoms with E-state index in [1.165, 1.54) is 0 Å². The fourth-order valence-corrected chi connectivity index (χ4v) is 1.54. The second kappa shape index (κ2) is 3.74. The van der Waals surface area contributed by atoms with E-state index in [1.807, 2.05) is 0 Å². The Bertz CT molecular complexity index is 221. The highest BCUT2D eigenvalue weighted by Gasteiger charge is 2.31. The van der Waals surface area contributed by atoms with E-state index in [-0.39, 0.29) is 6.54 Å². The third-order valence-electron chi connectivity index (χ3n) is 2.34. The highest BCUT2D eigenvalue weighted by atomic mass is 16.3. The molecule has 0 spiro atoms. The summed E-state index contributed by atoms with van der Waals surface area (Å²) in [6.45, 7) is 0.120. The molecular formula is C8H14N2O3. The Labute approximate surface area is 76.3 Å². The van der Waals surface area contributed by atoms with Gasteiger partial charge in [-0.3, -0.25) is 9.59 Å². The molecule has 1 fully saturated rings. The normalized spacial score (nSPS) is 19.8. The second-order valence-corrected chi connectivity index (χ2v) is 3.48. The minimum Gasteiger partial charge on any atom is -0.388 e. The van der Waals surface area contributed by atoms with Crippen LogP contribution in [0.4, 0.5) is 0 Å². The Balaban J connectivity index is 2.33. The number of hydrogen-bond donors (Lipinski definition) is 3. The summed E-state index contributed by atoms with van der Waals surface area (Å²) in [5, 5.41) is 12.1. The smallest absolute Gasteiger partial charge is 0.309 e. The third-order valence-corrected chi connectivity index (χ3v) is 2.34. The molecule has 1 aliphatic rings. The summed E-state index contributed by atoms with van der Waals surface area (Å²) in [7, 11) is 0. The van der Waals surface area contributed by atoms with Gasteiger partial charge in [0.1, 0.15) is 0 Å². The summed E-state index contributed by atoms with van der Waals surface area (Å²) >= 11 is 0. The van der Waals surface area contributed by atoms with Gasteiger partial charge in [-0.15, -0.1) is 0 Å². The average Bonchev–Trinajstić information content (AvgIpc) is 2.48. The predicted octanol–water partition coefficient (Wildman–Crippen LogP) is -1.11. The molecule has 0 aliphatic heterocycles. The van der Waals surface area contributed by atoms with Crippen molar-refractivity contribution in [2.45, 2.75) is 31.3 Å². The zero-order valence-electron chi connectivity index (χ0n) is 7.38. The largest absolute Gasteiger partial charge is 0.388 e. The molecule has 4 N–H and O–H groups in total. The van der Waals surface area contributed by atoms with Gasteiger partial charge in [0.05, 0.1) is 5.60 Å². The third kappa shape index (κ3) is 2.69. The van der Waals surface area contributed by atoms with Crippen molar-refractivity contribution < 1.29 is 14.7 Å². The quantitative estimate of drug-likeness (QED) is 0.477. The molecule has 1 rings (SSSR count). The van der Waals surface area contributed by atoms with Crippen LogP contribution in [0.1, 0.15) is 25.7 Å². The van der Waals surface area contributed by atoms with Gasteiger partial charge in [-0.2, -0.15) is 0 Å². The van der Waals surface area contributed by atoms with Crippen molar-refractivity contribution in [1.82, 2.24) is 5.32 Å². The zero-order chi connectivity index (χ0) is 9.90. The summed E-state index contributed by atoms with van der Waals surface area (Å²) in [5.41, 5.74) is 3.90. The molecular weight excluding hydrogens is 172 g/mol. The highest BCUT2D eigenvalue weighted by Crippen LogP contribution is 2.28. The predicted molar refractivity (Wildman–Crippen MR) is 45.6 cm³/mol. The SMILES string of the molecule is NC(=O)C(=O)NCC1(O)CCCC1. The minimum absolute atomic E-state index is 0.120. The summed E-state index contributed by atoms with van der Waals surface area (Å²) in [6, 6.07) is 0. The van der Waals surface area contributed by atoms with Crippen molar-refractivity contribution in [3.63, 3.8) is 0 Å². The Morgan fingerprint density at radius 3 is 2.38 bits per heavy atom. The van der Waals surface area contributed by atoms with E-state index in [1.54, 1.807) is 0 Å². The maximum Gasteiger partial charge on any atom is 0.309 e. The molecule has 1 saturated carbocycles. The zero-order valence-corrected chi connectivity index (χ0v) is 7.38. The topological polar surface area (TPSA) is 92.4 Å². The molecule has 13 heavy (non-hydrogen) atoms. The van der Waals surface area contributed by atoms with Crippen LogP contribution in [-0.2, 0) is 9.59 Å². The molecule has 0 unspecified atom stereocenters. The molecule has 0 saturated heterocycles. The number of amides is 2. The summed E-state index contributed by atoms with van der Waals surface area (Å²) in [6.07, 6.45) is 3.27. The van der Waals surface area contributed by atoms with Crippen molar-refractivity contribution in [3.8, 4) is 0 Å². The van der Waals surface area contributed by atoms with Crippen molar-refractivity contribution in [1.29, 1.82) is 0 Å². The van der Waals surface area contributed by atoms with E-state index in [2.05, 4.69) is 5.32 Å². The average molecular weight is 186 g/mol. The Morgan fingerprint density at radius 2 is 1.92 bits per heavy atom. The number of nitrogens with two attached hydrogens (primary N) is 1. The standard InChI is InChI=1S/C8H14N2O3/c9-6(11)7(12)10-5-8(13)3-1-2-4-8/h13H,1-5H2,(H2,9,11)(H,10,12). The van der Waals surface area contributed by atoms with Gasteiger partial charge in [0, 0.05) is 6.54 Å². The molecule has 0 aromatic heterocycles. The van der Waals surface area contributed by atoms with Crippen molar-refractivity contribution in [2.75, 3.05) is 6.54 Å². The fraction of sp³-hybridized carbons (Fsp3) is 0.750. The van der Waals surface area contributed by atoms with Gasteiger partial charge in [0.2, 0.25) is 0 Å². The molecule has 0 atom stereocenters. The van der Waals surface area contributed by atoms with Crippen LogP contribution in [0, 0.1) is 0 Å². The van der Waals surface area contributed by atoms with Gasteiger partial charge in [-0.25, -0.2) is 0 Å². The van der Waals surface area contributed by atoms with Crippen molar-refractivity contribution >= 4 is 11.8 Å². The lowest BCUT2D eigenvalue weighted by molar-refractivity contribution is -0.137. The van der Waals surface area contributed by atoms with Crippen molar-refractivity contribution in [3.05, 3.63) is 0 Å². The van der Waals surface area contributed by atoms with Gasteiger partial charge in [-0.1, -0.05) is 12.8 Å². The number of primary amides is 1. The minimum atomic E-state index is -1.01. The summed E-state index contributed by atoms with van der Waals surface area (Å²) in [4.78, 5) is 21.1. The van der Waals surface area contributed by atoms with Gasteiger partial charge in [0.25, 0.3) is 0 Å². The van der Waals surface area contributed by atoms with E-state index in [4.69, 9.17) is 5.73 Å². The number of aliphatic hydroxyl groups is 1. The molecule has 0 bridgehead atoms. The lowest BCUT2D eigenvalue weighted by atomic mass is 10.0. The first-order chi connectivity index (χ1) is 6.03. The number of nitrogens with one attached hydrogen (secondary N) is 1. The highest BCUT2D eigenvalue weighted by molar-refractivity contribution is 6.34. The van der Waals surface area contributed by atoms with Crippen LogP contribution in [0.5, 0.6) is 0 Å². The Hall–Kier alpha value is -1.10. The fourth-order valence-electron chi connectivity index (χ4n) is 1.54. The number of hydrogen-bond acceptors (Lipinski definition) is 3. The number of rotatable bonds is 2. The van der Waals surface area contributed by atoms with Crippen LogP contribution in [0.15, 0.2) is 0 Å².